The van der Waals surface area contributed by atoms with Crippen molar-refractivity contribution in [3.05, 3.63) is 34.9 Å². The number of benzene rings is 1. The molecule has 1 atom stereocenters. The van der Waals surface area contributed by atoms with Gasteiger partial charge in [0, 0.05) is 18.7 Å². The first-order valence-corrected chi connectivity index (χ1v) is 8.14. The van der Waals surface area contributed by atoms with Crippen LogP contribution in [0.4, 0.5) is 0 Å². The van der Waals surface area contributed by atoms with Crippen LogP contribution in [0.2, 0.25) is 5.02 Å². The molecule has 134 valence electrons. The van der Waals surface area contributed by atoms with Crippen molar-refractivity contribution in [1.82, 2.24) is 10.2 Å². The van der Waals surface area contributed by atoms with Crippen LogP contribution in [0.5, 0.6) is 0 Å². The molecule has 0 bridgehead atoms. The number of nitrogens with one attached hydrogen (secondary N) is 1. The van der Waals surface area contributed by atoms with Crippen LogP contribution in [0.1, 0.15) is 25.8 Å². The SMILES string of the molecule is CCN(CC(=O)NC(C)(COC)CC(=O)O)Cc1ccc(Cl)cc1. The lowest BCUT2D eigenvalue weighted by molar-refractivity contribution is -0.139. The lowest BCUT2D eigenvalue weighted by Crippen LogP contribution is -2.53. The molecule has 1 rings (SSSR count). The molecule has 0 aliphatic heterocycles. The van der Waals surface area contributed by atoms with Gasteiger partial charge in [-0.25, -0.2) is 0 Å². The first-order valence-electron chi connectivity index (χ1n) is 7.76. The first-order chi connectivity index (χ1) is 11.3. The highest BCUT2D eigenvalue weighted by Gasteiger charge is 2.29. The maximum Gasteiger partial charge on any atom is 0.305 e. The summed E-state index contributed by atoms with van der Waals surface area (Å²) in [4.78, 5) is 25.3. The summed E-state index contributed by atoms with van der Waals surface area (Å²) in [6.45, 7) is 5.25. The highest BCUT2D eigenvalue weighted by atomic mass is 35.5. The average Bonchev–Trinajstić information content (AvgIpc) is 2.47. The summed E-state index contributed by atoms with van der Waals surface area (Å²) < 4.78 is 5.04. The molecule has 1 aromatic carbocycles. The van der Waals surface area contributed by atoms with E-state index in [0.29, 0.717) is 18.1 Å². The Hall–Kier alpha value is -1.63. The van der Waals surface area contributed by atoms with E-state index in [-0.39, 0.29) is 25.5 Å². The van der Waals surface area contributed by atoms with E-state index >= 15 is 0 Å². The molecule has 0 fully saturated rings. The predicted molar refractivity (Wildman–Crippen MR) is 93.1 cm³/mol. The van der Waals surface area contributed by atoms with Crippen molar-refractivity contribution in [2.24, 2.45) is 0 Å². The number of carboxylic acids is 1. The molecule has 0 heterocycles. The van der Waals surface area contributed by atoms with Gasteiger partial charge >= 0.3 is 5.97 Å². The van der Waals surface area contributed by atoms with Crippen molar-refractivity contribution in [2.45, 2.75) is 32.4 Å². The molecule has 0 spiro atoms. The smallest absolute Gasteiger partial charge is 0.305 e. The molecular weight excluding hydrogens is 332 g/mol. The Morgan fingerprint density at radius 3 is 2.46 bits per heavy atom. The van der Waals surface area contributed by atoms with E-state index in [0.717, 1.165) is 5.56 Å². The largest absolute Gasteiger partial charge is 0.481 e. The Morgan fingerprint density at radius 2 is 1.96 bits per heavy atom. The van der Waals surface area contributed by atoms with Crippen molar-refractivity contribution < 1.29 is 19.4 Å². The molecule has 0 aliphatic carbocycles. The molecule has 24 heavy (non-hydrogen) atoms. The normalized spacial score (nSPS) is 13.5. The van der Waals surface area contributed by atoms with Gasteiger partial charge in [-0.2, -0.15) is 0 Å². The summed E-state index contributed by atoms with van der Waals surface area (Å²) >= 11 is 5.87. The molecule has 0 saturated heterocycles. The zero-order chi connectivity index (χ0) is 18.2. The highest BCUT2D eigenvalue weighted by Crippen LogP contribution is 2.13. The van der Waals surface area contributed by atoms with Crippen LogP contribution < -0.4 is 5.32 Å². The van der Waals surface area contributed by atoms with E-state index in [1.807, 2.05) is 36.1 Å². The number of carbonyl (C=O) groups is 2. The molecule has 0 aliphatic rings. The fraction of sp³-hybridized carbons (Fsp3) is 0.529. The standard InChI is InChI=1S/C17H25ClN2O4/c1-4-20(10-13-5-7-14(18)8-6-13)11-15(21)19-17(2,12-24-3)9-16(22)23/h5-8H,4,9-12H2,1-3H3,(H,19,21)(H,22,23). The number of hydrogen-bond donors (Lipinski definition) is 2. The van der Waals surface area contributed by atoms with E-state index in [9.17, 15) is 9.59 Å². The number of aliphatic carboxylic acids is 1. The van der Waals surface area contributed by atoms with Crippen LogP contribution in [0.25, 0.3) is 0 Å². The average molecular weight is 357 g/mol. The molecule has 7 heteroatoms. The number of carbonyl (C=O) groups excluding carboxylic acids is 1. The third kappa shape index (κ3) is 7.29. The second-order valence-electron chi connectivity index (χ2n) is 6.04. The Kier molecular flexibility index (Phi) is 8.18. The van der Waals surface area contributed by atoms with E-state index in [4.69, 9.17) is 21.4 Å². The van der Waals surface area contributed by atoms with Gasteiger partial charge in [-0.3, -0.25) is 14.5 Å². The summed E-state index contributed by atoms with van der Waals surface area (Å²) in [7, 11) is 1.48. The van der Waals surface area contributed by atoms with Gasteiger partial charge in [0.25, 0.3) is 0 Å². The quantitative estimate of drug-likeness (QED) is 0.671. The van der Waals surface area contributed by atoms with E-state index in [1.165, 1.54) is 7.11 Å². The molecule has 6 nitrogen and oxygen atoms in total. The fourth-order valence-electron chi connectivity index (χ4n) is 2.49. The van der Waals surface area contributed by atoms with Crippen molar-refractivity contribution in [2.75, 3.05) is 26.8 Å². The number of ether oxygens (including phenoxy) is 1. The topological polar surface area (TPSA) is 78.9 Å². The highest BCUT2D eigenvalue weighted by molar-refractivity contribution is 6.30. The van der Waals surface area contributed by atoms with Crippen molar-refractivity contribution >= 4 is 23.5 Å². The van der Waals surface area contributed by atoms with Gasteiger partial charge < -0.3 is 15.2 Å². The van der Waals surface area contributed by atoms with Crippen LogP contribution in [0.15, 0.2) is 24.3 Å². The predicted octanol–water partition coefficient (Wildman–Crippen LogP) is 2.16. The van der Waals surface area contributed by atoms with Crippen LogP contribution >= 0.6 is 11.6 Å². The van der Waals surface area contributed by atoms with Crippen molar-refractivity contribution in [1.29, 1.82) is 0 Å². The third-order valence-corrected chi connectivity index (χ3v) is 3.83. The van der Waals surface area contributed by atoms with Gasteiger partial charge in [-0.15, -0.1) is 0 Å². The number of amides is 1. The van der Waals surface area contributed by atoms with Gasteiger partial charge in [-0.1, -0.05) is 30.7 Å². The molecule has 1 amide bonds. The Morgan fingerprint density at radius 1 is 1.33 bits per heavy atom. The summed E-state index contributed by atoms with van der Waals surface area (Å²) in [5, 5.41) is 12.5. The Labute approximate surface area is 147 Å². The maximum atomic E-state index is 12.3. The number of nitrogens with zero attached hydrogens (tertiary/aromatic N) is 1. The van der Waals surface area contributed by atoms with Crippen LogP contribution in [0.3, 0.4) is 0 Å². The Balaban J connectivity index is 2.64. The molecule has 1 unspecified atom stereocenters. The fourth-order valence-corrected chi connectivity index (χ4v) is 2.62. The van der Waals surface area contributed by atoms with Gasteiger partial charge in [0.2, 0.25) is 5.91 Å². The van der Waals surface area contributed by atoms with Crippen LogP contribution in [-0.4, -0.2) is 54.2 Å². The maximum absolute atomic E-state index is 12.3. The van der Waals surface area contributed by atoms with Gasteiger partial charge in [0.05, 0.1) is 25.1 Å². The van der Waals surface area contributed by atoms with Crippen molar-refractivity contribution in [3.8, 4) is 0 Å². The number of halogens is 1. The second-order valence-corrected chi connectivity index (χ2v) is 6.48. The molecule has 2 N–H and O–H groups in total. The molecule has 0 aromatic heterocycles. The lowest BCUT2D eigenvalue weighted by Gasteiger charge is -2.30. The summed E-state index contributed by atoms with van der Waals surface area (Å²) in [5.41, 5.74) is 0.122. The summed E-state index contributed by atoms with van der Waals surface area (Å²) in [5.74, 6) is -1.21. The number of methoxy groups -OCH3 is 1. The first kappa shape index (κ1) is 20.4. The lowest BCUT2D eigenvalue weighted by atomic mass is 9.99. The molecule has 1 aromatic rings. The molecular formula is C17H25ClN2O4. The van der Waals surface area contributed by atoms with Crippen LogP contribution in [-0.2, 0) is 20.9 Å². The van der Waals surface area contributed by atoms with E-state index in [2.05, 4.69) is 5.32 Å². The van der Waals surface area contributed by atoms with Crippen LogP contribution in [0, 0.1) is 0 Å². The second kappa shape index (κ2) is 9.61. The summed E-state index contributed by atoms with van der Waals surface area (Å²) in [6, 6.07) is 7.46. The molecule has 0 saturated carbocycles. The number of rotatable bonds is 10. The zero-order valence-electron chi connectivity index (χ0n) is 14.3. The Bertz CT molecular complexity index is 550. The number of hydrogen-bond acceptors (Lipinski definition) is 4. The van der Waals surface area contributed by atoms with Gasteiger partial charge in [0.1, 0.15) is 0 Å². The monoisotopic (exact) mass is 356 g/mol. The van der Waals surface area contributed by atoms with Crippen molar-refractivity contribution in [3.63, 3.8) is 0 Å². The number of likely N-dealkylation sites (N-methyl/N-ethyl adjacent to an activating group) is 1. The minimum absolute atomic E-state index is 0.133. The van der Waals surface area contributed by atoms with E-state index < -0.39 is 11.5 Å². The number of carboxylic acid groups (broad SMARTS) is 1. The third-order valence-electron chi connectivity index (χ3n) is 3.58. The minimum atomic E-state index is -0.983. The van der Waals surface area contributed by atoms with Gasteiger partial charge in [-0.05, 0) is 31.2 Å². The van der Waals surface area contributed by atoms with Gasteiger partial charge in [0.15, 0.2) is 0 Å². The minimum Gasteiger partial charge on any atom is -0.481 e. The zero-order valence-corrected chi connectivity index (χ0v) is 15.1. The van der Waals surface area contributed by atoms with E-state index in [1.54, 1.807) is 6.92 Å². The molecule has 0 radical (unpaired) electrons. The summed E-state index contributed by atoms with van der Waals surface area (Å²) in [6.07, 6.45) is -0.199.